The number of hydrogen-bond acceptors (Lipinski definition) is 4. The molecule has 0 amide bonds. The Kier molecular flexibility index (Phi) is 2.21. The van der Waals surface area contributed by atoms with Crippen LogP contribution in [0.2, 0.25) is 0 Å². The van der Waals surface area contributed by atoms with E-state index in [0.29, 0.717) is 11.3 Å². The van der Waals surface area contributed by atoms with E-state index in [2.05, 4.69) is 9.97 Å². The fourth-order valence-electron chi connectivity index (χ4n) is 1.25. The SMILES string of the molecule is Nc1cncc(-c2ncc(N)cc2F)c1. The van der Waals surface area contributed by atoms with Crippen LogP contribution in [0, 0.1) is 5.82 Å². The summed E-state index contributed by atoms with van der Waals surface area (Å²) >= 11 is 0. The molecular weight excluding hydrogens is 195 g/mol. The Morgan fingerprint density at radius 3 is 2.40 bits per heavy atom. The van der Waals surface area contributed by atoms with Gasteiger partial charge in [-0.2, -0.15) is 0 Å². The Morgan fingerprint density at radius 2 is 1.73 bits per heavy atom. The second-order valence-corrected chi connectivity index (χ2v) is 3.11. The zero-order valence-electron chi connectivity index (χ0n) is 7.81. The molecule has 0 radical (unpaired) electrons. The van der Waals surface area contributed by atoms with Crippen molar-refractivity contribution in [2.24, 2.45) is 0 Å². The van der Waals surface area contributed by atoms with Crippen LogP contribution in [0.3, 0.4) is 0 Å². The Bertz CT molecular complexity index is 499. The molecule has 4 nitrogen and oxygen atoms in total. The fraction of sp³-hybridized carbons (Fsp3) is 0. The molecule has 0 aliphatic heterocycles. The summed E-state index contributed by atoms with van der Waals surface area (Å²) in [7, 11) is 0. The van der Waals surface area contributed by atoms with Crippen LogP contribution in [-0.2, 0) is 0 Å². The van der Waals surface area contributed by atoms with E-state index >= 15 is 0 Å². The number of halogens is 1. The van der Waals surface area contributed by atoms with Crippen molar-refractivity contribution in [1.29, 1.82) is 0 Å². The molecule has 2 rings (SSSR count). The molecule has 5 heteroatoms. The average Bonchev–Trinajstić information content (AvgIpc) is 2.17. The van der Waals surface area contributed by atoms with E-state index in [1.807, 2.05) is 0 Å². The average molecular weight is 204 g/mol. The van der Waals surface area contributed by atoms with Gasteiger partial charge in [0.1, 0.15) is 5.69 Å². The van der Waals surface area contributed by atoms with Crippen LogP contribution in [0.25, 0.3) is 11.3 Å². The highest BCUT2D eigenvalue weighted by atomic mass is 19.1. The molecule has 0 saturated carbocycles. The fourth-order valence-corrected chi connectivity index (χ4v) is 1.25. The first-order chi connectivity index (χ1) is 7.16. The first kappa shape index (κ1) is 9.39. The van der Waals surface area contributed by atoms with Gasteiger partial charge in [-0.1, -0.05) is 0 Å². The molecule has 0 bridgehead atoms. The van der Waals surface area contributed by atoms with Gasteiger partial charge < -0.3 is 11.5 Å². The quantitative estimate of drug-likeness (QED) is 0.736. The number of anilines is 2. The molecule has 0 spiro atoms. The minimum Gasteiger partial charge on any atom is -0.397 e. The molecule has 15 heavy (non-hydrogen) atoms. The zero-order valence-corrected chi connectivity index (χ0v) is 7.81. The Balaban J connectivity index is 2.54. The minimum atomic E-state index is -0.484. The number of nitrogens with zero attached hydrogens (tertiary/aromatic N) is 2. The van der Waals surface area contributed by atoms with Crippen LogP contribution >= 0.6 is 0 Å². The predicted molar refractivity (Wildman–Crippen MR) is 56.3 cm³/mol. The molecule has 2 aromatic rings. The van der Waals surface area contributed by atoms with Crippen LogP contribution in [0.5, 0.6) is 0 Å². The summed E-state index contributed by atoms with van der Waals surface area (Å²) in [6, 6.07) is 2.82. The van der Waals surface area contributed by atoms with E-state index < -0.39 is 5.82 Å². The van der Waals surface area contributed by atoms with E-state index in [1.165, 1.54) is 24.7 Å². The molecule has 0 aliphatic rings. The van der Waals surface area contributed by atoms with Crippen molar-refractivity contribution in [3.8, 4) is 11.3 Å². The zero-order chi connectivity index (χ0) is 10.8. The first-order valence-electron chi connectivity index (χ1n) is 4.29. The maximum absolute atomic E-state index is 13.5. The first-order valence-corrected chi connectivity index (χ1v) is 4.29. The van der Waals surface area contributed by atoms with Gasteiger partial charge in [0, 0.05) is 24.0 Å². The normalized spacial score (nSPS) is 10.2. The van der Waals surface area contributed by atoms with Gasteiger partial charge in [-0.05, 0) is 6.07 Å². The van der Waals surface area contributed by atoms with Gasteiger partial charge in [0.2, 0.25) is 0 Å². The van der Waals surface area contributed by atoms with E-state index in [0.717, 1.165) is 0 Å². The van der Waals surface area contributed by atoms with Gasteiger partial charge in [0.15, 0.2) is 5.82 Å². The van der Waals surface area contributed by atoms with Crippen molar-refractivity contribution in [2.75, 3.05) is 11.5 Å². The van der Waals surface area contributed by atoms with Gasteiger partial charge in [-0.3, -0.25) is 9.97 Å². The Hall–Kier alpha value is -2.17. The minimum absolute atomic E-state index is 0.198. The van der Waals surface area contributed by atoms with Crippen molar-refractivity contribution >= 4 is 11.4 Å². The lowest BCUT2D eigenvalue weighted by atomic mass is 10.1. The number of nitrogen functional groups attached to an aromatic ring is 2. The molecule has 76 valence electrons. The lowest BCUT2D eigenvalue weighted by molar-refractivity contribution is 0.626. The van der Waals surface area contributed by atoms with Crippen LogP contribution in [-0.4, -0.2) is 9.97 Å². The molecule has 2 heterocycles. The number of aromatic nitrogens is 2. The van der Waals surface area contributed by atoms with Gasteiger partial charge in [0.05, 0.1) is 17.6 Å². The Labute approximate surface area is 85.8 Å². The summed E-state index contributed by atoms with van der Waals surface area (Å²) < 4.78 is 13.5. The third-order valence-corrected chi connectivity index (χ3v) is 1.90. The molecular formula is C10H9FN4. The molecule has 0 saturated heterocycles. The summed E-state index contributed by atoms with van der Waals surface area (Å²) in [6.45, 7) is 0. The number of rotatable bonds is 1. The van der Waals surface area contributed by atoms with Crippen LogP contribution in [0.1, 0.15) is 0 Å². The Morgan fingerprint density at radius 1 is 1.00 bits per heavy atom. The largest absolute Gasteiger partial charge is 0.397 e. The molecule has 0 aromatic carbocycles. The number of pyridine rings is 2. The molecule has 0 unspecified atom stereocenters. The maximum Gasteiger partial charge on any atom is 0.151 e. The summed E-state index contributed by atoms with van der Waals surface area (Å²) in [5.74, 6) is -0.484. The predicted octanol–water partition coefficient (Wildman–Crippen LogP) is 1.45. The van der Waals surface area contributed by atoms with Crippen LogP contribution in [0.15, 0.2) is 30.7 Å². The highest BCUT2D eigenvalue weighted by Gasteiger charge is 2.07. The highest BCUT2D eigenvalue weighted by Crippen LogP contribution is 2.22. The maximum atomic E-state index is 13.5. The second kappa shape index (κ2) is 3.53. The van der Waals surface area contributed by atoms with Gasteiger partial charge in [0.25, 0.3) is 0 Å². The smallest absolute Gasteiger partial charge is 0.151 e. The van der Waals surface area contributed by atoms with E-state index in [9.17, 15) is 4.39 Å². The summed E-state index contributed by atoms with van der Waals surface area (Å²) in [6.07, 6.45) is 4.37. The molecule has 2 aromatic heterocycles. The summed E-state index contributed by atoms with van der Waals surface area (Å²) in [5.41, 5.74) is 12.4. The second-order valence-electron chi connectivity index (χ2n) is 3.11. The molecule has 4 N–H and O–H groups in total. The monoisotopic (exact) mass is 204 g/mol. The van der Waals surface area contributed by atoms with Crippen molar-refractivity contribution in [2.45, 2.75) is 0 Å². The molecule has 0 fully saturated rings. The standard InChI is InChI=1S/C10H9FN4/c11-9-2-8(13)5-15-10(9)6-1-7(12)4-14-3-6/h1-5H,12-13H2. The van der Waals surface area contributed by atoms with E-state index in [4.69, 9.17) is 11.5 Å². The van der Waals surface area contributed by atoms with Crippen molar-refractivity contribution in [1.82, 2.24) is 9.97 Å². The van der Waals surface area contributed by atoms with Gasteiger partial charge in [-0.15, -0.1) is 0 Å². The van der Waals surface area contributed by atoms with Crippen molar-refractivity contribution in [3.63, 3.8) is 0 Å². The molecule has 0 atom stereocenters. The number of nitrogens with two attached hydrogens (primary N) is 2. The van der Waals surface area contributed by atoms with E-state index in [1.54, 1.807) is 6.07 Å². The highest BCUT2D eigenvalue weighted by molar-refractivity contribution is 5.63. The third kappa shape index (κ3) is 1.85. The van der Waals surface area contributed by atoms with Gasteiger partial charge in [-0.25, -0.2) is 4.39 Å². The topological polar surface area (TPSA) is 77.8 Å². The van der Waals surface area contributed by atoms with E-state index in [-0.39, 0.29) is 11.4 Å². The molecule has 0 aliphatic carbocycles. The lowest BCUT2D eigenvalue weighted by Crippen LogP contribution is -1.95. The summed E-state index contributed by atoms with van der Waals surface area (Å²) in [4.78, 5) is 7.75. The van der Waals surface area contributed by atoms with Crippen LogP contribution < -0.4 is 11.5 Å². The lowest BCUT2D eigenvalue weighted by Gasteiger charge is -2.03. The summed E-state index contributed by atoms with van der Waals surface area (Å²) in [5, 5.41) is 0. The van der Waals surface area contributed by atoms with Gasteiger partial charge >= 0.3 is 0 Å². The van der Waals surface area contributed by atoms with Crippen LogP contribution in [0.4, 0.5) is 15.8 Å². The van der Waals surface area contributed by atoms with Crippen molar-refractivity contribution < 1.29 is 4.39 Å². The number of hydrogen-bond donors (Lipinski definition) is 2. The van der Waals surface area contributed by atoms with Crippen molar-refractivity contribution in [3.05, 3.63) is 36.5 Å². The third-order valence-electron chi connectivity index (χ3n) is 1.90.